The van der Waals surface area contributed by atoms with Crippen LogP contribution in [0.15, 0.2) is 0 Å². The number of hydrogen-bond donors (Lipinski definition) is 0. The molecule has 0 aliphatic rings. The van der Waals surface area contributed by atoms with E-state index < -0.39 is 0 Å². The van der Waals surface area contributed by atoms with E-state index in [0.29, 0.717) is 20.4 Å². The maximum Gasteiger partial charge on any atom is 0.364 e. The highest BCUT2D eigenvalue weighted by atomic mass is 35.5. The molecule has 0 amide bonds. The SMILES string of the molecule is CCC[CH2][Mg][CH2]CCCCl. The van der Waals surface area contributed by atoms with Crippen LogP contribution in [0, 0.1) is 0 Å². The fraction of sp³-hybridized carbons (Fsp3) is 1.00. The summed E-state index contributed by atoms with van der Waals surface area (Å²) in [6.07, 6.45) is 5.47. The fourth-order valence-electron chi connectivity index (χ4n) is 1.05. The third-order valence-electron chi connectivity index (χ3n) is 1.74. The van der Waals surface area contributed by atoms with Crippen molar-refractivity contribution in [3.05, 3.63) is 0 Å². The molecule has 0 rings (SSSR count). The first-order valence-corrected chi connectivity index (χ1v) is 7.01. The molecule has 0 saturated carbocycles. The molecule has 0 aromatic rings. The average Bonchev–Trinajstić information content (AvgIpc) is 1.97. The third-order valence-corrected chi connectivity index (χ3v) is 4.00. The summed E-state index contributed by atoms with van der Waals surface area (Å²) in [4.78, 5) is 0. The minimum atomic E-state index is 0.321. The van der Waals surface area contributed by atoms with Gasteiger partial charge in [-0.25, -0.2) is 0 Å². The van der Waals surface area contributed by atoms with E-state index in [1.165, 1.54) is 30.2 Å². The standard InChI is InChI=1S/C4H8Cl.C4H9.Mg/c1-2-3-4-5;1-3-4-2;/h1-4H2;1,3-4H2,2H3;. The van der Waals surface area contributed by atoms with Crippen LogP contribution in [-0.2, 0) is 0 Å². The van der Waals surface area contributed by atoms with Crippen LogP contribution < -0.4 is 0 Å². The van der Waals surface area contributed by atoms with Crippen molar-refractivity contribution in [1.29, 1.82) is 0 Å². The lowest BCUT2D eigenvalue weighted by Gasteiger charge is -1.94. The summed E-state index contributed by atoms with van der Waals surface area (Å²) < 4.78 is 3.07. The fourth-order valence-corrected chi connectivity index (χ4v) is 3.15. The van der Waals surface area contributed by atoms with Crippen LogP contribution in [0.25, 0.3) is 0 Å². The predicted molar refractivity (Wildman–Crippen MR) is 50.2 cm³/mol. The zero-order valence-corrected chi connectivity index (χ0v) is 9.20. The Kier molecular flexibility index (Phi) is 11.1. The first kappa shape index (κ1) is 11.1. The van der Waals surface area contributed by atoms with Crippen LogP contribution in [0.1, 0.15) is 32.6 Å². The molecule has 0 saturated heterocycles. The Labute approximate surface area is 79.4 Å². The molecule has 10 heavy (non-hydrogen) atoms. The first-order chi connectivity index (χ1) is 4.91. The highest BCUT2D eigenvalue weighted by Crippen LogP contribution is 2.01. The Bertz CT molecular complexity index is 49.2. The summed E-state index contributed by atoms with van der Waals surface area (Å²) in [7, 11) is 0. The van der Waals surface area contributed by atoms with Gasteiger partial charge in [-0.15, -0.1) is 20.7 Å². The lowest BCUT2D eigenvalue weighted by atomic mass is 10.4. The van der Waals surface area contributed by atoms with Crippen LogP contribution in [-0.4, -0.2) is 26.2 Å². The average molecular weight is 173 g/mol. The minimum absolute atomic E-state index is 0.321. The van der Waals surface area contributed by atoms with Crippen molar-refractivity contribution in [1.82, 2.24) is 0 Å². The molecule has 0 bridgehead atoms. The molecular formula is C8H17ClMg. The van der Waals surface area contributed by atoms with E-state index in [2.05, 4.69) is 6.92 Å². The summed E-state index contributed by atoms with van der Waals surface area (Å²) in [6, 6.07) is 0. The second kappa shape index (κ2) is 10.1. The molecule has 0 aromatic carbocycles. The van der Waals surface area contributed by atoms with Gasteiger partial charge in [0, 0.05) is 5.88 Å². The van der Waals surface area contributed by atoms with E-state index in [0.717, 1.165) is 5.88 Å². The maximum atomic E-state index is 5.56. The summed E-state index contributed by atoms with van der Waals surface area (Å²) >= 11 is 5.88. The van der Waals surface area contributed by atoms with Crippen LogP contribution in [0.2, 0.25) is 9.10 Å². The Balaban J connectivity index is 2.65. The quantitative estimate of drug-likeness (QED) is 0.314. The summed E-state index contributed by atoms with van der Waals surface area (Å²) in [5.41, 5.74) is 0. The minimum Gasteiger partial charge on any atom is -0.146 e. The predicted octanol–water partition coefficient (Wildman–Crippen LogP) is 3.35. The molecule has 0 aromatic heterocycles. The van der Waals surface area contributed by atoms with Crippen molar-refractivity contribution in [3.8, 4) is 0 Å². The number of halogens is 1. The lowest BCUT2D eigenvalue weighted by Crippen LogP contribution is -1.88. The van der Waals surface area contributed by atoms with Crippen molar-refractivity contribution in [2.45, 2.75) is 41.7 Å². The molecule has 0 unspecified atom stereocenters. The Hall–Kier alpha value is 1.06. The zero-order valence-electron chi connectivity index (χ0n) is 7.03. The second-order valence-corrected chi connectivity index (χ2v) is 5.31. The van der Waals surface area contributed by atoms with Crippen LogP contribution in [0.5, 0.6) is 0 Å². The van der Waals surface area contributed by atoms with E-state index >= 15 is 0 Å². The highest BCUT2D eigenvalue weighted by molar-refractivity contribution is 6.35. The number of hydrogen-bond acceptors (Lipinski definition) is 0. The third kappa shape index (κ3) is 9.06. The topological polar surface area (TPSA) is 0 Å². The van der Waals surface area contributed by atoms with Gasteiger partial charge in [0.2, 0.25) is 0 Å². The Morgan fingerprint density at radius 2 is 1.80 bits per heavy atom. The van der Waals surface area contributed by atoms with Gasteiger partial charge in [0.1, 0.15) is 0 Å². The van der Waals surface area contributed by atoms with Gasteiger partial charge >= 0.3 is 20.4 Å². The molecule has 2 heteroatoms. The smallest absolute Gasteiger partial charge is 0.146 e. The lowest BCUT2D eigenvalue weighted by molar-refractivity contribution is 0.854. The molecular weight excluding hydrogens is 156 g/mol. The Morgan fingerprint density at radius 3 is 2.40 bits per heavy atom. The van der Waals surface area contributed by atoms with Crippen molar-refractivity contribution in [3.63, 3.8) is 0 Å². The van der Waals surface area contributed by atoms with E-state index in [9.17, 15) is 0 Å². The van der Waals surface area contributed by atoms with E-state index in [-0.39, 0.29) is 0 Å². The molecule has 0 atom stereocenters. The molecule has 58 valence electrons. The second-order valence-electron chi connectivity index (χ2n) is 2.81. The summed E-state index contributed by atoms with van der Waals surface area (Å²) in [6.45, 7) is 2.27. The molecule has 0 fully saturated rings. The molecule has 0 nitrogen and oxygen atoms in total. The molecule has 0 aliphatic carbocycles. The first-order valence-electron chi connectivity index (χ1n) is 4.47. The van der Waals surface area contributed by atoms with Gasteiger partial charge in [-0.05, 0) is 6.42 Å². The molecule has 0 N–H and O–H groups in total. The number of unbranched alkanes of at least 4 members (excludes halogenated alkanes) is 2. The Morgan fingerprint density at radius 1 is 1.10 bits per heavy atom. The van der Waals surface area contributed by atoms with Gasteiger partial charge < -0.3 is 0 Å². The molecule has 0 heterocycles. The van der Waals surface area contributed by atoms with Gasteiger partial charge in [-0.2, -0.15) is 0 Å². The number of rotatable bonds is 7. The highest BCUT2D eigenvalue weighted by Gasteiger charge is 1.93. The molecule has 0 aliphatic heterocycles. The van der Waals surface area contributed by atoms with E-state index in [1.54, 1.807) is 4.55 Å². The van der Waals surface area contributed by atoms with E-state index in [1.807, 2.05) is 0 Å². The van der Waals surface area contributed by atoms with E-state index in [4.69, 9.17) is 11.6 Å². The van der Waals surface area contributed by atoms with Gasteiger partial charge in [0.05, 0.1) is 0 Å². The van der Waals surface area contributed by atoms with Crippen molar-refractivity contribution in [2.24, 2.45) is 0 Å². The van der Waals surface area contributed by atoms with Crippen LogP contribution in [0.4, 0.5) is 0 Å². The van der Waals surface area contributed by atoms with Gasteiger partial charge in [0.15, 0.2) is 0 Å². The van der Waals surface area contributed by atoms with Crippen molar-refractivity contribution < 1.29 is 0 Å². The monoisotopic (exact) mass is 172 g/mol. The van der Waals surface area contributed by atoms with Gasteiger partial charge in [-0.1, -0.05) is 26.2 Å². The molecule has 0 spiro atoms. The molecule has 0 radical (unpaired) electrons. The number of alkyl halides is 1. The van der Waals surface area contributed by atoms with Crippen molar-refractivity contribution >= 4 is 32.0 Å². The van der Waals surface area contributed by atoms with Gasteiger partial charge in [0.25, 0.3) is 0 Å². The summed E-state index contributed by atoms with van der Waals surface area (Å²) in [5.74, 6) is 0.863. The largest absolute Gasteiger partial charge is 0.364 e. The van der Waals surface area contributed by atoms with Crippen LogP contribution in [0.3, 0.4) is 0 Å². The van der Waals surface area contributed by atoms with Crippen LogP contribution >= 0.6 is 11.6 Å². The maximum absolute atomic E-state index is 5.56. The normalized spacial score (nSPS) is 9.40. The van der Waals surface area contributed by atoms with Gasteiger partial charge in [-0.3, -0.25) is 0 Å². The van der Waals surface area contributed by atoms with Crippen molar-refractivity contribution in [2.75, 3.05) is 5.88 Å². The summed E-state index contributed by atoms with van der Waals surface area (Å²) in [5, 5.41) is 0. The zero-order chi connectivity index (χ0) is 7.66.